The Kier molecular flexibility index (Phi) is 5.43. The largest absolute Gasteiger partial charge is 0.245 e. The number of hydrogen-bond donors (Lipinski definition) is 0. The van der Waals surface area contributed by atoms with E-state index < -0.39 is 0 Å². The lowest BCUT2D eigenvalue weighted by atomic mass is 9.77. The lowest BCUT2D eigenvalue weighted by Gasteiger charge is -2.28. The quantitative estimate of drug-likeness (QED) is 0.728. The van der Waals surface area contributed by atoms with Crippen LogP contribution in [-0.4, -0.2) is 9.97 Å². The number of benzene rings is 1. The van der Waals surface area contributed by atoms with Crippen LogP contribution in [0.25, 0.3) is 0 Å². The molecule has 3 rings (SSSR count). The maximum atomic E-state index is 4.11. The summed E-state index contributed by atoms with van der Waals surface area (Å²) in [6, 6.07) is 9.39. The normalized spacial score (nSPS) is 22.7. The van der Waals surface area contributed by atoms with Crippen LogP contribution in [0, 0.1) is 5.92 Å². The van der Waals surface area contributed by atoms with E-state index in [1.807, 2.05) is 12.4 Å². The zero-order valence-corrected chi connectivity index (χ0v) is 14.4. The first-order valence-corrected chi connectivity index (χ1v) is 9.10. The molecule has 1 saturated carbocycles. The minimum Gasteiger partial charge on any atom is -0.245 e. The zero-order valence-electron chi connectivity index (χ0n) is 14.4. The van der Waals surface area contributed by atoms with Crippen molar-refractivity contribution < 1.29 is 0 Å². The molecule has 1 aromatic carbocycles. The molecule has 1 aliphatic rings. The minimum atomic E-state index is 0.505. The van der Waals surface area contributed by atoms with Crippen LogP contribution in [0.3, 0.4) is 0 Å². The minimum absolute atomic E-state index is 0.505. The molecule has 0 spiro atoms. The van der Waals surface area contributed by atoms with Gasteiger partial charge in [0.15, 0.2) is 0 Å². The van der Waals surface area contributed by atoms with Gasteiger partial charge >= 0.3 is 0 Å². The molecule has 0 aliphatic heterocycles. The van der Waals surface area contributed by atoms with E-state index in [0.717, 1.165) is 18.3 Å². The fourth-order valence-electron chi connectivity index (χ4n) is 3.91. The molecule has 2 aromatic rings. The van der Waals surface area contributed by atoms with Crippen LogP contribution in [0.4, 0.5) is 0 Å². The van der Waals surface area contributed by atoms with E-state index >= 15 is 0 Å². The highest BCUT2D eigenvalue weighted by molar-refractivity contribution is 5.28. The van der Waals surface area contributed by atoms with Gasteiger partial charge in [-0.1, -0.05) is 44.5 Å². The van der Waals surface area contributed by atoms with Gasteiger partial charge in [-0.15, -0.1) is 0 Å². The van der Waals surface area contributed by atoms with E-state index in [1.54, 1.807) is 11.9 Å². The summed E-state index contributed by atoms with van der Waals surface area (Å²) >= 11 is 0. The van der Waals surface area contributed by atoms with E-state index in [9.17, 15) is 0 Å². The molecular weight excluding hydrogens is 280 g/mol. The van der Waals surface area contributed by atoms with Gasteiger partial charge < -0.3 is 0 Å². The standard InChI is InChI=1S/C21H28N2/c1-3-17-4-6-20(7-5-17)21-10-8-19(9-11-21)16(2)12-18-13-22-15-23-14-18/h8-11,13-17,20H,3-7,12H2,1-2H3. The predicted molar refractivity (Wildman–Crippen MR) is 95.6 cm³/mol. The van der Waals surface area contributed by atoms with Crippen molar-refractivity contribution in [2.75, 3.05) is 0 Å². The smallest absolute Gasteiger partial charge is 0.115 e. The van der Waals surface area contributed by atoms with E-state index in [1.165, 1.54) is 43.2 Å². The van der Waals surface area contributed by atoms with Crippen molar-refractivity contribution in [1.82, 2.24) is 9.97 Å². The van der Waals surface area contributed by atoms with Gasteiger partial charge in [-0.3, -0.25) is 0 Å². The van der Waals surface area contributed by atoms with Gasteiger partial charge in [-0.05, 0) is 66.5 Å². The highest BCUT2D eigenvalue weighted by Crippen LogP contribution is 2.37. The molecule has 2 nitrogen and oxygen atoms in total. The zero-order chi connectivity index (χ0) is 16.1. The van der Waals surface area contributed by atoms with Crippen LogP contribution < -0.4 is 0 Å². The Morgan fingerprint density at radius 2 is 1.65 bits per heavy atom. The van der Waals surface area contributed by atoms with Gasteiger partial charge in [-0.2, -0.15) is 0 Å². The first-order chi connectivity index (χ1) is 11.3. The second kappa shape index (κ2) is 7.72. The SMILES string of the molecule is CCC1CCC(c2ccc(C(C)Cc3cncnc3)cc2)CC1. The topological polar surface area (TPSA) is 25.8 Å². The number of aromatic nitrogens is 2. The molecule has 2 heteroatoms. The van der Waals surface area contributed by atoms with Gasteiger partial charge in [0.25, 0.3) is 0 Å². The fraction of sp³-hybridized carbons (Fsp3) is 0.524. The third kappa shape index (κ3) is 4.19. The van der Waals surface area contributed by atoms with Crippen molar-refractivity contribution >= 4 is 0 Å². The lowest BCUT2D eigenvalue weighted by molar-refractivity contribution is 0.319. The summed E-state index contributed by atoms with van der Waals surface area (Å²) in [4.78, 5) is 8.22. The second-order valence-corrected chi connectivity index (χ2v) is 7.14. The fourth-order valence-corrected chi connectivity index (χ4v) is 3.91. The Morgan fingerprint density at radius 3 is 2.26 bits per heavy atom. The van der Waals surface area contributed by atoms with Crippen LogP contribution in [0.15, 0.2) is 43.0 Å². The van der Waals surface area contributed by atoms with Crippen molar-refractivity contribution in [2.45, 2.75) is 64.2 Å². The molecule has 0 amide bonds. The Hall–Kier alpha value is -1.70. The van der Waals surface area contributed by atoms with Crippen LogP contribution in [0.2, 0.25) is 0 Å². The Labute approximate surface area is 140 Å². The molecular formula is C21H28N2. The number of hydrogen-bond acceptors (Lipinski definition) is 2. The summed E-state index contributed by atoms with van der Waals surface area (Å²) in [5.41, 5.74) is 4.17. The Balaban J connectivity index is 1.60. The van der Waals surface area contributed by atoms with Crippen molar-refractivity contribution in [2.24, 2.45) is 5.92 Å². The third-order valence-electron chi connectivity index (χ3n) is 5.56. The predicted octanol–water partition coefficient (Wildman–Crippen LogP) is 5.51. The average Bonchev–Trinajstić information content (AvgIpc) is 2.63. The molecule has 1 atom stereocenters. The molecule has 1 unspecified atom stereocenters. The molecule has 0 N–H and O–H groups in total. The van der Waals surface area contributed by atoms with E-state index in [2.05, 4.69) is 48.1 Å². The summed E-state index contributed by atoms with van der Waals surface area (Å²) in [6.07, 6.45) is 13.3. The van der Waals surface area contributed by atoms with Crippen LogP contribution in [-0.2, 0) is 6.42 Å². The Morgan fingerprint density at radius 1 is 1.00 bits per heavy atom. The first kappa shape index (κ1) is 16.2. The Bertz CT molecular complexity index is 583. The first-order valence-electron chi connectivity index (χ1n) is 9.10. The molecule has 0 radical (unpaired) electrons. The van der Waals surface area contributed by atoms with E-state index in [-0.39, 0.29) is 0 Å². The number of nitrogens with zero attached hydrogens (tertiary/aromatic N) is 2. The van der Waals surface area contributed by atoms with Crippen molar-refractivity contribution in [1.29, 1.82) is 0 Å². The maximum Gasteiger partial charge on any atom is 0.115 e. The number of rotatable bonds is 5. The summed E-state index contributed by atoms with van der Waals surface area (Å²) in [5, 5.41) is 0. The second-order valence-electron chi connectivity index (χ2n) is 7.14. The molecule has 1 aromatic heterocycles. The average molecular weight is 308 g/mol. The monoisotopic (exact) mass is 308 g/mol. The lowest BCUT2D eigenvalue weighted by Crippen LogP contribution is -2.12. The van der Waals surface area contributed by atoms with E-state index in [4.69, 9.17) is 0 Å². The molecule has 1 fully saturated rings. The molecule has 1 heterocycles. The van der Waals surface area contributed by atoms with E-state index in [0.29, 0.717) is 5.92 Å². The molecule has 1 aliphatic carbocycles. The third-order valence-corrected chi connectivity index (χ3v) is 5.56. The van der Waals surface area contributed by atoms with Gasteiger partial charge in [0.2, 0.25) is 0 Å². The van der Waals surface area contributed by atoms with Crippen molar-refractivity contribution in [3.8, 4) is 0 Å². The van der Waals surface area contributed by atoms with Crippen molar-refractivity contribution in [3.63, 3.8) is 0 Å². The van der Waals surface area contributed by atoms with Crippen LogP contribution >= 0.6 is 0 Å². The molecule has 0 saturated heterocycles. The van der Waals surface area contributed by atoms with Crippen molar-refractivity contribution in [3.05, 3.63) is 59.7 Å². The summed E-state index contributed by atoms with van der Waals surface area (Å²) in [6.45, 7) is 4.62. The molecule has 122 valence electrons. The summed E-state index contributed by atoms with van der Waals surface area (Å²) in [7, 11) is 0. The highest BCUT2D eigenvalue weighted by Gasteiger charge is 2.21. The summed E-state index contributed by atoms with van der Waals surface area (Å²) < 4.78 is 0. The van der Waals surface area contributed by atoms with Crippen LogP contribution in [0.5, 0.6) is 0 Å². The molecule has 0 bridgehead atoms. The molecule has 23 heavy (non-hydrogen) atoms. The highest BCUT2D eigenvalue weighted by atomic mass is 14.8. The maximum absolute atomic E-state index is 4.11. The van der Waals surface area contributed by atoms with Gasteiger partial charge in [-0.25, -0.2) is 9.97 Å². The van der Waals surface area contributed by atoms with Crippen LogP contribution in [0.1, 0.15) is 74.5 Å². The summed E-state index contributed by atoms with van der Waals surface area (Å²) in [5.74, 6) is 2.26. The van der Waals surface area contributed by atoms with Gasteiger partial charge in [0.05, 0.1) is 0 Å². The van der Waals surface area contributed by atoms with Gasteiger partial charge in [0, 0.05) is 12.4 Å². The van der Waals surface area contributed by atoms with Gasteiger partial charge in [0.1, 0.15) is 6.33 Å².